The van der Waals surface area contributed by atoms with Gasteiger partial charge in [0.2, 0.25) is 5.91 Å². The third kappa shape index (κ3) is 4.60. The van der Waals surface area contributed by atoms with Crippen molar-refractivity contribution in [3.8, 4) is 0 Å². The van der Waals surface area contributed by atoms with Crippen molar-refractivity contribution in [2.45, 2.75) is 60.1 Å². The molecule has 0 saturated heterocycles. The molecule has 0 saturated carbocycles. The van der Waals surface area contributed by atoms with Crippen LogP contribution in [0.1, 0.15) is 54.9 Å². The van der Waals surface area contributed by atoms with Gasteiger partial charge in [0.05, 0.1) is 5.41 Å². The maximum absolute atomic E-state index is 13.1. The summed E-state index contributed by atoms with van der Waals surface area (Å²) in [4.78, 5) is 12.4. The van der Waals surface area contributed by atoms with Gasteiger partial charge >= 0.3 is 15.3 Å². The van der Waals surface area contributed by atoms with Crippen LogP contribution in [0.4, 0.5) is 13.2 Å². The quantitative estimate of drug-likeness (QED) is 0.830. The fourth-order valence-corrected chi connectivity index (χ4v) is 2.89. The van der Waals surface area contributed by atoms with Crippen LogP contribution < -0.4 is 4.72 Å². The highest BCUT2D eigenvalue weighted by atomic mass is 32.2. The molecule has 0 aliphatic carbocycles. The Morgan fingerprint density at radius 1 is 1.00 bits per heavy atom. The van der Waals surface area contributed by atoms with Crippen LogP contribution in [0.5, 0.6) is 0 Å². The minimum absolute atomic E-state index is 0.270. The highest BCUT2D eigenvalue weighted by Crippen LogP contribution is 2.47. The molecule has 1 N–H and O–H groups in total. The minimum Gasteiger partial charge on any atom is -0.273 e. The Labute approximate surface area is 130 Å². The number of rotatable bonds is 5. The highest BCUT2D eigenvalue weighted by Gasteiger charge is 2.52. The predicted octanol–water partition coefficient (Wildman–Crippen LogP) is 3.48. The predicted molar refractivity (Wildman–Crippen MR) is 79.6 cm³/mol. The molecule has 0 heterocycles. The summed E-state index contributed by atoms with van der Waals surface area (Å²) in [5.41, 5.74) is -2.26. The molecule has 0 bridgehead atoms. The first-order valence-corrected chi connectivity index (χ1v) is 8.38. The van der Waals surface area contributed by atoms with Crippen LogP contribution in [0.15, 0.2) is 0 Å². The van der Waals surface area contributed by atoms with E-state index >= 15 is 0 Å². The lowest BCUT2D eigenvalue weighted by Crippen LogP contribution is -2.54. The summed E-state index contributed by atoms with van der Waals surface area (Å²) < 4.78 is 62.9. The number of carbonyl (C=O) groups is 1. The molecule has 0 aromatic rings. The normalized spacial score (nSPS) is 17.0. The molecule has 1 amide bonds. The van der Waals surface area contributed by atoms with Gasteiger partial charge in [0.15, 0.2) is 6.67 Å². The van der Waals surface area contributed by atoms with E-state index in [9.17, 15) is 26.4 Å². The first-order valence-electron chi connectivity index (χ1n) is 6.90. The molecule has 0 aromatic heterocycles. The Morgan fingerprint density at radius 2 is 1.41 bits per heavy atom. The SMILES string of the molecule is CC(C)(C)CC(C)(C(=O)NS(=O)(=O)C(F)(F)CF)C(C)(C)C. The molecule has 8 heteroatoms. The molecule has 0 aromatic carbocycles. The maximum atomic E-state index is 13.1. The summed E-state index contributed by atoms with van der Waals surface area (Å²) >= 11 is 0. The number of carbonyl (C=O) groups excluding carboxylic acids is 1. The molecular formula is C14H26F3NO3S. The van der Waals surface area contributed by atoms with Crippen molar-refractivity contribution in [2.24, 2.45) is 16.2 Å². The van der Waals surface area contributed by atoms with Gasteiger partial charge in [-0.15, -0.1) is 0 Å². The molecule has 0 fully saturated rings. The molecule has 0 radical (unpaired) electrons. The van der Waals surface area contributed by atoms with E-state index in [0.29, 0.717) is 0 Å². The molecule has 0 aliphatic heterocycles. The third-order valence-electron chi connectivity index (χ3n) is 3.82. The smallest absolute Gasteiger partial charge is 0.273 e. The fraction of sp³-hybridized carbons (Fsp3) is 0.929. The lowest BCUT2D eigenvalue weighted by Gasteiger charge is -2.44. The van der Waals surface area contributed by atoms with Crippen molar-refractivity contribution >= 4 is 15.9 Å². The van der Waals surface area contributed by atoms with E-state index < -0.39 is 38.7 Å². The van der Waals surface area contributed by atoms with Crippen LogP contribution in [0.2, 0.25) is 0 Å². The second-order valence-corrected chi connectivity index (χ2v) is 9.83. The van der Waals surface area contributed by atoms with Crippen molar-refractivity contribution in [1.29, 1.82) is 0 Å². The zero-order valence-electron chi connectivity index (χ0n) is 14.2. The van der Waals surface area contributed by atoms with Crippen molar-refractivity contribution in [2.75, 3.05) is 6.67 Å². The zero-order chi connectivity index (χ0) is 18.2. The Hall–Kier alpha value is -0.790. The van der Waals surface area contributed by atoms with Gasteiger partial charge in [0.25, 0.3) is 0 Å². The van der Waals surface area contributed by atoms with Crippen LogP contribution >= 0.6 is 0 Å². The van der Waals surface area contributed by atoms with Gasteiger partial charge < -0.3 is 0 Å². The van der Waals surface area contributed by atoms with Crippen LogP contribution in [-0.4, -0.2) is 26.3 Å². The molecule has 4 nitrogen and oxygen atoms in total. The van der Waals surface area contributed by atoms with E-state index in [4.69, 9.17) is 0 Å². The summed E-state index contributed by atoms with van der Waals surface area (Å²) in [5.74, 6) is -1.05. The Balaban J connectivity index is 5.71. The van der Waals surface area contributed by atoms with E-state index in [1.54, 1.807) is 20.8 Å². The summed E-state index contributed by atoms with van der Waals surface area (Å²) in [6, 6.07) is 0. The largest absolute Gasteiger partial charge is 0.391 e. The van der Waals surface area contributed by atoms with Gasteiger partial charge in [-0.25, -0.2) is 9.11 Å². The third-order valence-corrected chi connectivity index (χ3v) is 5.17. The number of hydrogen-bond donors (Lipinski definition) is 1. The number of sulfonamides is 1. The molecule has 132 valence electrons. The number of nitrogens with one attached hydrogen (secondary N) is 1. The van der Waals surface area contributed by atoms with E-state index in [2.05, 4.69) is 0 Å². The molecule has 1 atom stereocenters. The second-order valence-electron chi connectivity index (χ2n) is 8.03. The highest BCUT2D eigenvalue weighted by molar-refractivity contribution is 7.91. The Kier molecular flexibility index (Phi) is 5.80. The monoisotopic (exact) mass is 345 g/mol. The lowest BCUT2D eigenvalue weighted by molar-refractivity contribution is -0.137. The van der Waals surface area contributed by atoms with E-state index in [0.717, 1.165) is 0 Å². The Bertz CT molecular complexity index is 518. The molecule has 0 spiro atoms. The number of hydrogen-bond acceptors (Lipinski definition) is 3. The van der Waals surface area contributed by atoms with E-state index in [1.165, 1.54) is 11.6 Å². The second kappa shape index (κ2) is 6.02. The van der Waals surface area contributed by atoms with Gasteiger partial charge in [-0.05, 0) is 17.3 Å². The number of amides is 1. The molecular weight excluding hydrogens is 319 g/mol. The van der Waals surface area contributed by atoms with Crippen molar-refractivity contribution in [3.63, 3.8) is 0 Å². The van der Waals surface area contributed by atoms with Gasteiger partial charge in [0, 0.05) is 0 Å². The average molecular weight is 345 g/mol. The van der Waals surface area contributed by atoms with Crippen LogP contribution in [0.3, 0.4) is 0 Å². The summed E-state index contributed by atoms with van der Waals surface area (Å²) in [7, 11) is -5.42. The minimum atomic E-state index is -5.42. The molecule has 1 unspecified atom stereocenters. The number of alkyl halides is 3. The summed E-state index contributed by atoms with van der Waals surface area (Å²) in [6.45, 7) is 9.87. The van der Waals surface area contributed by atoms with Gasteiger partial charge in [-0.2, -0.15) is 17.2 Å². The summed E-state index contributed by atoms with van der Waals surface area (Å²) in [6.07, 6.45) is 0.270. The van der Waals surface area contributed by atoms with Crippen molar-refractivity contribution in [1.82, 2.24) is 4.72 Å². The average Bonchev–Trinajstić information content (AvgIpc) is 2.24. The van der Waals surface area contributed by atoms with Gasteiger partial charge in [0.1, 0.15) is 0 Å². The van der Waals surface area contributed by atoms with Crippen LogP contribution in [-0.2, 0) is 14.8 Å². The zero-order valence-corrected chi connectivity index (χ0v) is 15.0. The standard InChI is InChI=1S/C14H26F3NO3S/c1-11(2,3)8-13(7,12(4,5)6)10(19)18-22(20,21)14(16,17)9-15/h8-9H2,1-7H3,(H,18,19). The molecule has 0 aliphatic rings. The van der Waals surface area contributed by atoms with E-state index in [-0.39, 0.29) is 11.8 Å². The van der Waals surface area contributed by atoms with Gasteiger partial charge in [-0.1, -0.05) is 48.5 Å². The lowest BCUT2D eigenvalue weighted by atomic mass is 9.61. The Morgan fingerprint density at radius 3 is 1.68 bits per heavy atom. The maximum Gasteiger partial charge on any atom is 0.391 e. The first-order chi connectivity index (χ1) is 9.40. The molecule has 0 rings (SSSR count). The van der Waals surface area contributed by atoms with Crippen LogP contribution in [0.25, 0.3) is 0 Å². The topological polar surface area (TPSA) is 63.2 Å². The van der Waals surface area contributed by atoms with Gasteiger partial charge in [-0.3, -0.25) is 4.79 Å². The summed E-state index contributed by atoms with van der Waals surface area (Å²) in [5, 5.41) is -4.64. The van der Waals surface area contributed by atoms with Crippen LogP contribution in [0, 0.1) is 16.2 Å². The number of halogens is 3. The van der Waals surface area contributed by atoms with E-state index in [1.807, 2.05) is 20.8 Å². The van der Waals surface area contributed by atoms with Crippen molar-refractivity contribution < 1.29 is 26.4 Å². The fourth-order valence-electron chi connectivity index (χ4n) is 2.13. The van der Waals surface area contributed by atoms with Crippen molar-refractivity contribution in [3.05, 3.63) is 0 Å². The first kappa shape index (κ1) is 21.2. The molecule has 22 heavy (non-hydrogen) atoms.